The molecule has 0 bridgehead atoms. The van der Waals surface area contributed by atoms with Crippen molar-refractivity contribution in [3.63, 3.8) is 0 Å². The van der Waals surface area contributed by atoms with Crippen LogP contribution in [0.5, 0.6) is 0 Å². The number of benzene rings is 4. The molecule has 226 valence electrons. The number of nitrogens with zero attached hydrogens (tertiary/aromatic N) is 4. The monoisotopic (exact) mass is 602 g/mol. The van der Waals surface area contributed by atoms with Gasteiger partial charge in [0.2, 0.25) is 0 Å². The fraction of sp³-hybridized carbons (Fsp3) is 0.118. The second-order valence-corrected chi connectivity index (χ2v) is 10.2. The average molecular weight is 603 g/mol. The molecule has 0 aliphatic carbocycles. The van der Waals surface area contributed by atoms with Gasteiger partial charge < -0.3 is 15.9 Å². The molecule has 11 heteroatoms. The van der Waals surface area contributed by atoms with Crippen LogP contribution in [0.25, 0.3) is 22.6 Å². The third kappa shape index (κ3) is 7.85. The molecule has 0 amide bonds. The van der Waals surface area contributed by atoms with Crippen LogP contribution in [-0.4, -0.2) is 34.6 Å². The molecule has 0 fully saturated rings. The van der Waals surface area contributed by atoms with Crippen molar-refractivity contribution < 1.29 is 14.3 Å². The number of non-ortho nitro benzene ring substituents is 2. The summed E-state index contributed by atoms with van der Waals surface area (Å²) < 4.78 is 6.12. The van der Waals surface area contributed by atoms with Crippen LogP contribution in [0.15, 0.2) is 124 Å². The Morgan fingerprint density at radius 3 is 1.24 bits per heavy atom. The van der Waals surface area contributed by atoms with Gasteiger partial charge in [-0.25, -0.2) is 0 Å². The van der Waals surface area contributed by atoms with Gasteiger partial charge in [0.25, 0.3) is 11.4 Å². The first-order valence-electron chi connectivity index (χ1n) is 14.1. The van der Waals surface area contributed by atoms with Crippen LogP contribution in [0, 0.1) is 20.2 Å². The smallest absolute Gasteiger partial charge is 0.269 e. The Balaban J connectivity index is 1.15. The van der Waals surface area contributed by atoms with Gasteiger partial charge in [-0.3, -0.25) is 30.2 Å². The molecular weight excluding hydrogens is 572 g/mol. The van der Waals surface area contributed by atoms with E-state index < -0.39 is 9.85 Å². The summed E-state index contributed by atoms with van der Waals surface area (Å²) in [6, 6.07) is 31.9. The van der Waals surface area contributed by atoms with Crippen LogP contribution < -0.4 is 11.5 Å². The Labute approximate surface area is 258 Å². The quantitative estimate of drug-likeness (QED) is 0.0725. The predicted molar refractivity (Wildman–Crippen MR) is 174 cm³/mol. The first-order valence-corrected chi connectivity index (χ1v) is 14.1. The first-order chi connectivity index (χ1) is 21.8. The molecule has 0 unspecified atom stereocenters. The van der Waals surface area contributed by atoms with Crippen LogP contribution in [-0.2, 0) is 12.8 Å². The lowest BCUT2D eigenvalue weighted by Crippen LogP contribution is -2.14. The van der Waals surface area contributed by atoms with Crippen LogP contribution in [0.3, 0.4) is 0 Å². The number of furan rings is 1. The Kier molecular flexibility index (Phi) is 9.39. The molecule has 45 heavy (non-hydrogen) atoms. The summed E-state index contributed by atoms with van der Waals surface area (Å²) in [5, 5.41) is 21.6. The highest BCUT2D eigenvalue weighted by Gasteiger charge is 2.10. The average Bonchev–Trinajstić information content (AvgIpc) is 3.56. The largest absolute Gasteiger partial charge is 0.456 e. The highest BCUT2D eigenvalue weighted by atomic mass is 16.6. The topological polar surface area (TPSA) is 176 Å². The molecule has 1 aromatic heterocycles. The maximum atomic E-state index is 10.8. The zero-order chi connectivity index (χ0) is 31.8. The molecule has 0 atom stereocenters. The zero-order valence-electron chi connectivity index (χ0n) is 24.2. The molecule has 0 saturated heterocycles. The maximum absolute atomic E-state index is 10.8. The van der Waals surface area contributed by atoms with Gasteiger partial charge in [-0.05, 0) is 36.1 Å². The second kappa shape index (κ2) is 13.9. The van der Waals surface area contributed by atoms with Gasteiger partial charge in [-0.15, -0.1) is 0 Å². The Morgan fingerprint density at radius 1 is 0.556 bits per heavy atom. The summed E-state index contributed by atoms with van der Waals surface area (Å²) in [6.07, 6.45) is 1.24. The van der Waals surface area contributed by atoms with E-state index in [4.69, 9.17) is 15.9 Å². The van der Waals surface area contributed by atoms with E-state index in [0.717, 1.165) is 33.4 Å². The Bertz CT molecular complexity index is 1710. The lowest BCUT2D eigenvalue weighted by Gasteiger charge is -2.05. The Morgan fingerprint density at radius 2 is 0.911 bits per heavy atom. The lowest BCUT2D eigenvalue weighted by atomic mass is 10.1. The van der Waals surface area contributed by atoms with Gasteiger partial charge in [0.1, 0.15) is 23.2 Å². The van der Waals surface area contributed by atoms with E-state index in [1.807, 2.05) is 60.7 Å². The van der Waals surface area contributed by atoms with Crippen LogP contribution in [0.1, 0.15) is 22.3 Å². The van der Waals surface area contributed by atoms with Crippen LogP contribution in [0.4, 0.5) is 11.4 Å². The molecule has 5 rings (SSSR count). The van der Waals surface area contributed by atoms with Crippen molar-refractivity contribution in [2.24, 2.45) is 21.5 Å². The van der Waals surface area contributed by atoms with E-state index in [9.17, 15) is 20.2 Å². The minimum absolute atomic E-state index is 0.0608. The molecule has 0 aliphatic heterocycles. The molecule has 5 aromatic rings. The van der Waals surface area contributed by atoms with Gasteiger partial charge in [-0.1, -0.05) is 72.8 Å². The zero-order valence-corrected chi connectivity index (χ0v) is 24.2. The van der Waals surface area contributed by atoms with E-state index >= 15 is 0 Å². The first kappa shape index (κ1) is 30.4. The van der Waals surface area contributed by atoms with Crippen molar-refractivity contribution in [1.29, 1.82) is 0 Å². The molecule has 1 heterocycles. The van der Waals surface area contributed by atoms with Crippen molar-refractivity contribution in [2.75, 3.05) is 13.1 Å². The third-order valence-electron chi connectivity index (χ3n) is 7.20. The highest BCUT2D eigenvalue weighted by molar-refractivity contribution is 5.98. The van der Waals surface area contributed by atoms with Gasteiger partial charge >= 0.3 is 0 Å². The van der Waals surface area contributed by atoms with Crippen molar-refractivity contribution in [3.8, 4) is 22.6 Å². The lowest BCUT2D eigenvalue weighted by molar-refractivity contribution is -0.385. The molecule has 4 N–H and O–H groups in total. The van der Waals surface area contributed by atoms with Crippen LogP contribution in [0.2, 0.25) is 0 Å². The van der Waals surface area contributed by atoms with E-state index in [1.165, 1.54) is 24.3 Å². The fourth-order valence-corrected chi connectivity index (χ4v) is 4.62. The second-order valence-electron chi connectivity index (χ2n) is 10.2. The van der Waals surface area contributed by atoms with Gasteiger partial charge in [0.05, 0.1) is 9.85 Å². The summed E-state index contributed by atoms with van der Waals surface area (Å²) in [6.45, 7) is 0.927. The molecular formula is C34H30N6O5. The number of nitrogens with two attached hydrogens (primary N) is 2. The molecule has 11 nitrogen and oxygen atoms in total. The van der Waals surface area contributed by atoms with Gasteiger partial charge in [-0.2, -0.15) is 0 Å². The molecule has 4 aromatic carbocycles. The van der Waals surface area contributed by atoms with Crippen molar-refractivity contribution >= 4 is 23.0 Å². The van der Waals surface area contributed by atoms with Crippen LogP contribution >= 0.6 is 0 Å². The predicted octanol–water partition coefficient (Wildman–Crippen LogP) is 6.33. The summed E-state index contributed by atoms with van der Waals surface area (Å²) >= 11 is 0. The maximum Gasteiger partial charge on any atom is 0.269 e. The van der Waals surface area contributed by atoms with Crippen molar-refractivity contribution in [3.05, 3.63) is 152 Å². The standard InChI is InChI=1S/C34H30N6O5/c35-33(37-21-19-23-1-13-29(14-2-23)39(41)42)27-9-5-25(6-10-27)31-17-18-32(45-31)26-7-11-28(12-8-26)34(36)38-22-20-24-3-15-30(16-4-24)40(43)44/h1-18H,19-22H2,(H2,35,37)(H2,36,38). The highest BCUT2D eigenvalue weighted by Crippen LogP contribution is 2.29. The van der Waals surface area contributed by atoms with E-state index in [-0.39, 0.29) is 11.4 Å². The summed E-state index contributed by atoms with van der Waals surface area (Å²) in [5.74, 6) is 2.25. The van der Waals surface area contributed by atoms with Gasteiger partial charge in [0.15, 0.2) is 0 Å². The minimum Gasteiger partial charge on any atom is -0.456 e. The number of nitro groups is 2. The van der Waals surface area contributed by atoms with E-state index in [0.29, 0.717) is 49.1 Å². The summed E-state index contributed by atoms with van der Waals surface area (Å²) in [7, 11) is 0. The SMILES string of the molecule is NC(=NCCc1ccc([N+](=O)[O-])cc1)c1ccc(-c2ccc(-c3ccc(C(N)=NCCc4ccc([N+](=O)[O-])cc4)cc3)o2)cc1. The third-order valence-corrected chi connectivity index (χ3v) is 7.20. The number of aliphatic imine (C=N–C) groups is 2. The fourth-order valence-electron chi connectivity index (χ4n) is 4.62. The number of rotatable bonds is 12. The molecule has 0 aliphatic rings. The Hall–Kier alpha value is -6.10. The summed E-state index contributed by atoms with van der Waals surface area (Å²) in [5.41, 5.74) is 17.8. The normalized spacial score (nSPS) is 11.8. The van der Waals surface area contributed by atoms with E-state index in [2.05, 4.69) is 9.98 Å². The molecule has 0 spiro atoms. The number of amidine groups is 2. The van der Waals surface area contributed by atoms with E-state index in [1.54, 1.807) is 24.3 Å². The number of hydrogen-bond donors (Lipinski definition) is 2. The minimum atomic E-state index is -0.421. The number of nitro benzene ring substituents is 2. The van der Waals surface area contributed by atoms with Crippen molar-refractivity contribution in [2.45, 2.75) is 12.8 Å². The molecule has 0 saturated carbocycles. The summed E-state index contributed by atoms with van der Waals surface area (Å²) in [4.78, 5) is 29.7. The van der Waals surface area contributed by atoms with Gasteiger partial charge in [0, 0.05) is 59.6 Å². The van der Waals surface area contributed by atoms with Crippen molar-refractivity contribution in [1.82, 2.24) is 0 Å². The number of hydrogen-bond acceptors (Lipinski definition) is 7. The molecule has 0 radical (unpaired) electrons.